The summed E-state index contributed by atoms with van der Waals surface area (Å²) >= 11 is 0. The third-order valence-electron chi connectivity index (χ3n) is 5.35. The predicted molar refractivity (Wildman–Crippen MR) is 90.1 cm³/mol. The third-order valence-corrected chi connectivity index (χ3v) is 6.46. The highest BCUT2D eigenvalue weighted by Gasteiger charge is 2.36. The summed E-state index contributed by atoms with van der Waals surface area (Å²) in [6.45, 7) is 0.628. The van der Waals surface area contributed by atoms with E-state index in [2.05, 4.69) is 0 Å². The second-order valence-electron chi connectivity index (χ2n) is 7.02. The van der Waals surface area contributed by atoms with Crippen LogP contribution in [0.5, 0.6) is 0 Å². The van der Waals surface area contributed by atoms with Crippen LogP contribution in [0.1, 0.15) is 55.3 Å². The molecule has 1 amide bonds. The second-order valence-corrected chi connectivity index (χ2v) is 9.04. The van der Waals surface area contributed by atoms with E-state index in [1.165, 1.54) is 31.4 Å². The fourth-order valence-corrected chi connectivity index (χ4v) is 4.75. The first kappa shape index (κ1) is 17.4. The number of rotatable bonds is 3. The van der Waals surface area contributed by atoms with Crippen LogP contribution < -0.4 is 0 Å². The van der Waals surface area contributed by atoms with Crippen LogP contribution in [0.25, 0.3) is 0 Å². The summed E-state index contributed by atoms with van der Waals surface area (Å²) in [5, 5.41) is 0. The molecule has 3 rings (SSSR count). The topological polar surface area (TPSA) is 54.5 Å². The standard InChI is InChI=1S/C18H24FNO3S/c1-24(22,23)14-9-10-16(19)15(12-14)18(21)20-11-5-8-17(20)13-6-3-2-4-7-13/h9-10,12-13,17H,2-8,11H2,1H3. The molecule has 0 spiro atoms. The average Bonchev–Trinajstić information content (AvgIpc) is 3.04. The van der Waals surface area contributed by atoms with Gasteiger partial charge in [-0.2, -0.15) is 0 Å². The van der Waals surface area contributed by atoms with Crippen molar-refractivity contribution in [2.45, 2.75) is 55.9 Å². The van der Waals surface area contributed by atoms with Gasteiger partial charge in [-0.3, -0.25) is 4.79 Å². The third kappa shape index (κ3) is 3.48. The number of nitrogens with zero attached hydrogens (tertiary/aromatic N) is 1. The van der Waals surface area contributed by atoms with E-state index in [1.54, 1.807) is 4.90 Å². The highest BCUT2D eigenvalue weighted by molar-refractivity contribution is 7.90. The van der Waals surface area contributed by atoms with Gasteiger partial charge in [-0.05, 0) is 49.8 Å². The Morgan fingerprint density at radius 3 is 2.50 bits per heavy atom. The minimum absolute atomic E-state index is 0.0133. The van der Waals surface area contributed by atoms with Crippen LogP contribution in [-0.4, -0.2) is 38.1 Å². The van der Waals surface area contributed by atoms with Gasteiger partial charge >= 0.3 is 0 Å². The van der Waals surface area contributed by atoms with Crippen molar-refractivity contribution in [2.75, 3.05) is 12.8 Å². The minimum Gasteiger partial charge on any atom is -0.335 e. The Bertz CT molecular complexity index is 726. The average molecular weight is 353 g/mol. The lowest BCUT2D eigenvalue weighted by atomic mass is 9.83. The molecular formula is C18H24FNO3S. The Morgan fingerprint density at radius 1 is 1.12 bits per heavy atom. The van der Waals surface area contributed by atoms with Crippen molar-refractivity contribution in [2.24, 2.45) is 5.92 Å². The molecule has 0 aromatic heterocycles. The van der Waals surface area contributed by atoms with Crippen LogP contribution in [0.3, 0.4) is 0 Å². The van der Waals surface area contributed by atoms with E-state index < -0.39 is 15.7 Å². The van der Waals surface area contributed by atoms with Gasteiger partial charge in [0.15, 0.2) is 9.84 Å². The first-order valence-electron chi connectivity index (χ1n) is 8.68. The number of carbonyl (C=O) groups excluding carboxylic acids is 1. The van der Waals surface area contributed by atoms with Crippen LogP contribution in [-0.2, 0) is 9.84 Å². The van der Waals surface area contributed by atoms with Crippen molar-refractivity contribution in [3.05, 3.63) is 29.6 Å². The summed E-state index contributed by atoms with van der Waals surface area (Å²) in [5.74, 6) is -0.529. The first-order chi connectivity index (χ1) is 11.4. The summed E-state index contributed by atoms with van der Waals surface area (Å²) in [7, 11) is -3.47. The Balaban J connectivity index is 1.87. The fourth-order valence-electron chi connectivity index (χ4n) is 4.11. The van der Waals surface area contributed by atoms with Gasteiger partial charge in [-0.25, -0.2) is 12.8 Å². The van der Waals surface area contributed by atoms with Gasteiger partial charge in [-0.1, -0.05) is 19.3 Å². The molecule has 4 nitrogen and oxygen atoms in total. The largest absolute Gasteiger partial charge is 0.335 e. The fraction of sp³-hybridized carbons (Fsp3) is 0.611. The van der Waals surface area contributed by atoms with E-state index >= 15 is 0 Å². The molecule has 1 saturated heterocycles. The van der Waals surface area contributed by atoms with Crippen LogP contribution in [0.15, 0.2) is 23.1 Å². The van der Waals surface area contributed by atoms with E-state index in [9.17, 15) is 17.6 Å². The number of hydrogen-bond acceptors (Lipinski definition) is 3. The zero-order valence-corrected chi connectivity index (χ0v) is 14.8. The molecule has 1 atom stereocenters. The highest BCUT2D eigenvalue weighted by Crippen LogP contribution is 2.35. The smallest absolute Gasteiger partial charge is 0.257 e. The maximum Gasteiger partial charge on any atom is 0.257 e. The molecule has 6 heteroatoms. The van der Waals surface area contributed by atoms with E-state index in [-0.39, 0.29) is 22.4 Å². The molecule has 1 aliphatic heterocycles. The van der Waals surface area contributed by atoms with Gasteiger partial charge in [0.1, 0.15) is 5.82 Å². The molecule has 1 heterocycles. The van der Waals surface area contributed by atoms with Gasteiger partial charge in [-0.15, -0.1) is 0 Å². The number of amides is 1. The zero-order valence-electron chi connectivity index (χ0n) is 14.0. The second kappa shape index (κ2) is 6.82. The minimum atomic E-state index is -3.47. The zero-order chi connectivity index (χ0) is 17.3. The normalized spacial score (nSPS) is 22.8. The summed E-state index contributed by atoms with van der Waals surface area (Å²) in [6, 6.07) is 3.64. The maximum absolute atomic E-state index is 14.2. The summed E-state index contributed by atoms with van der Waals surface area (Å²) in [5.41, 5.74) is -0.124. The monoisotopic (exact) mass is 353 g/mol. The van der Waals surface area contributed by atoms with Crippen LogP contribution in [0.4, 0.5) is 4.39 Å². The Labute approximate surface area is 143 Å². The molecule has 0 N–H and O–H groups in total. The molecule has 24 heavy (non-hydrogen) atoms. The van der Waals surface area contributed by atoms with Crippen molar-refractivity contribution in [1.82, 2.24) is 4.90 Å². The molecular weight excluding hydrogens is 329 g/mol. The quantitative estimate of drug-likeness (QED) is 0.783. The number of benzene rings is 1. The predicted octanol–water partition coefficient (Wildman–Crippen LogP) is 3.41. The van der Waals surface area contributed by atoms with Gasteiger partial charge in [0.25, 0.3) is 5.91 Å². The number of likely N-dealkylation sites (tertiary alicyclic amines) is 1. The summed E-state index contributed by atoms with van der Waals surface area (Å²) < 4.78 is 37.6. The Hall–Kier alpha value is -1.43. The van der Waals surface area contributed by atoms with E-state index in [0.717, 1.165) is 38.0 Å². The SMILES string of the molecule is CS(=O)(=O)c1ccc(F)c(C(=O)N2CCCC2C2CCCCC2)c1. The highest BCUT2D eigenvalue weighted by atomic mass is 32.2. The van der Waals surface area contributed by atoms with E-state index in [0.29, 0.717) is 12.5 Å². The summed E-state index contributed by atoms with van der Waals surface area (Å²) in [4.78, 5) is 14.7. The molecule has 0 radical (unpaired) electrons. The van der Waals surface area contributed by atoms with Crippen molar-refractivity contribution in [3.63, 3.8) is 0 Å². The molecule has 0 bridgehead atoms. The van der Waals surface area contributed by atoms with Crippen molar-refractivity contribution in [3.8, 4) is 0 Å². The number of sulfone groups is 1. The Kier molecular flexibility index (Phi) is 4.95. The van der Waals surface area contributed by atoms with E-state index in [4.69, 9.17) is 0 Å². The lowest BCUT2D eigenvalue weighted by molar-refractivity contribution is 0.0656. The van der Waals surface area contributed by atoms with Gasteiger partial charge in [0, 0.05) is 18.8 Å². The van der Waals surface area contributed by atoms with Crippen molar-refractivity contribution in [1.29, 1.82) is 0 Å². The van der Waals surface area contributed by atoms with Crippen molar-refractivity contribution < 1.29 is 17.6 Å². The molecule has 2 fully saturated rings. The number of halogens is 1. The Morgan fingerprint density at radius 2 is 1.83 bits per heavy atom. The molecule has 2 aliphatic rings. The summed E-state index contributed by atoms with van der Waals surface area (Å²) in [6.07, 6.45) is 8.85. The number of hydrogen-bond donors (Lipinski definition) is 0. The maximum atomic E-state index is 14.2. The molecule has 132 valence electrons. The van der Waals surface area contributed by atoms with Crippen LogP contribution in [0.2, 0.25) is 0 Å². The van der Waals surface area contributed by atoms with E-state index in [1.807, 2.05) is 0 Å². The molecule has 1 unspecified atom stereocenters. The molecule has 1 saturated carbocycles. The van der Waals surface area contributed by atoms with Crippen molar-refractivity contribution >= 4 is 15.7 Å². The van der Waals surface area contributed by atoms with Crippen LogP contribution in [0, 0.1) is 11.7 Å². The van der Waals surface area contributed by atoms with Gasteiger partial charge in [0.05, 0.1) is 10.5 Å². The van der Waals surface area contributed by atoms with Gasteiger partial charge in [0.2, 0.25) is 0 Å². The molecule has 1 aromatic carbocycles. The van der Waals surface area contributed by atoms with Crippen LogP contribution >= 0.6 is 0 Å². The molecule has 1 aliphatic carbocycles. The first-order valence-corrected chi connectivity index (χ1v) is 10.6. The lowest BCUT2D eigenvalue weighted by Crippen LogP contribution is -2.41. The number of carbonyl (C=O) groups is 1. The van der Waals surface area contributed by atoms with Gasteiger partial charge < -0.3 is 4.90 Å². The molecule has 1 aromatic rings. The lowest BCUT2D eigenvalue weighted by Gasteiger charge is -2.34.